The Kier molecular flexibility index (Phi) is 3.11. The van der Waals surface area contributed by atoms with Crippen LogP contribution < -0.4 is 0 Å². The molecule has 0 aromatic heterocycles. The normalized spacial score (nSPS) is 13.0. The Bertz CT molecular complexity index is 468. The summed E-state index contributed by atoms with van der Waals surface area (Å²) in [6.07, 6.45) is 1.18. The number of halogens is 1. The van der Waals surface area contributed by atoms with Crippen molar-refractivity contribution in [2.75, 3.05) is 0 Å². The second kappa shape index (κ2) is 4.36. The highest BCUT2D eigenvalue weighted by Crippen LogP contribution is 2.32. The molecule has 0 aliphatic carbocycles. The number of hydrogen-bond acceptors (Lipinski definition) is 0. The Hall–Kier alpha value is -0.820. The summed E-state index contributed by atoms with van der Waals surface area (Å²) >= 11 is 3.65. The lowest BCUT2D eigenvalue weighted by atomic mass is 9.93. The molecule has 0 bridgehead atoms. The predicted octanol–water partition coefficient (Wildman–Crippen LogP) is 5.12. The van der Waals surface area contributed by atoms with Crippen LogP contribution in [0.1, 0.15) is 31.7 Å². The third-order valence-corrected chi connectivity index (χ3v) is 3.69. The molecule has 0 heterocycles. The topological polar surface area (TPSA) is 0 Å². The van der Waals surface area contributed by atoms with Crippen LogP contribution in [0.4, 0.5) is 0 Å². The predicted molar refractivity (Wildman–Crippen MR) is 70.4 cm³/mol. The lowest BCUT2D eigenvalue weighted by molar-refractivity contribution is 0.739. The zero-order valence-electron chi connectivity index (χ0n) is 9.13. The third kappa shape index (κ3) is 1.93. The molecule has 2 rings (SSSR count). The summed E-state index contributed by atoms with van der Waals surface area (Å²) in [5.41, 5.74) is 1.45. The molecule has 15 heavy (non-hydrogen) atoms. The third-order valence-electron chi connectivity index (χ3n) is 3.03. The molecule has 0 saturated heterocycles. The van der Waals surface area contributed by atoms with Crippen LogP contribution in [0.25, 0.3) is 10.8 Å². The molecule has 1 atom stereocenters. The van der Waals surface area contributed by atoms with Crippen LogP contribution in [-0.4, -0.2) is 0 Å². The maximum atomic E-state index is 3.65. The monoisotopic (exact) mass is 262 g/mol. The fourth-order valence-electron chi connectivity index (χ4n) is 1.95. The Balaban J connectivity index is 2.74. The van der Waals surface area contributed by atoms with Crippen molar-refractivity contribution in [3.05, 3.63) is 46.4 Å². The van der Waals surface area contributed by atoms with Gasteiger partial charge in [0.2, 0.25) is 0 Å². The van der Waals surface area contributed by atoms with Crippen LogP contribution in [0.15, 0.2) is 40.9 Å². The summed E-state index contributed by atoms with van der Waals surface area (Å²) in [4.78, 5) is 0. The smallest absolute Gasteiger partial charge is 0.0256 e. The first-order valence-electron chi connectivity index (χ1n) is 5.41. The largest absolute Gasteiger partial charge is 0.0648 e. The minimum Gasteiger partial charge on any atom is -0.0648 e. The highest BCUT2D eigenvalue weighted by molar-refractivity contribution is 9.10. The first-order chi connectivity index (χ1) is 7.24. The summed E-state index contributed by atoms with van der Waals surface area (Å²) in [5, 5.41) is 2.69. The van der Waals surface area contributed by atoms with E-state index in [2.05, 4.69) is 66.2 Å². The van der Waals surface area contributed by atoms with Crippen molar-refractivity contribution in [3.63, 3.8) is 0 Å². The Morgan fingerprint density at radius 2 is 1.80 bits per heavy atom. The Morgan fingerprint density at radius 1 is 1.13 bits per heavy atom. The second-order valence-corrected chi connectivity index (χ2v) is 4.85. The van der Waals surface area contributed by atoms with Crippen LogP contribution >= 0.6 is 15.9 Å². The Morgan fingerprint density at radius 3 is 2.47 bits per heavy atom. The van der Waals surface area contributed by atoms with E-state index in [4.69, 9.17) is 0 Å². The van der Waals surface area contributed by atoms with Gasteiger partial charge >= 0.3 is 0 Å². The van der Waals surface area contributed by atoms with E-state index in [9.17, 15) is 0 Å². The lowest BCUT2D eigenvalue weighted by Gasteiger charge is -2.13. The molecule has 0 fully saturated rings. The average molecular weight is 263 g/mol. The summed E-state index contributed by atoms with van der Waals surface area (Å²) in [7, 11) is 0. The van der Waals surface area contributed by atoms with Gasteiger partial charge in [0.15, 0.2) is 0 Å². The molecule has 1 unspecified atom stereocenters. The van der Waals surface area contributed by atoms with E-state index in [1.165, 1.54) is 27.2 Å². The Labute approximate surface area is 99.4 Å². The SMILES string of the molecule is CCC(C)c1cccc2cccc(Br)c12. The molecule has 0 nitrogen and oxygen atoms in total. The highest BCUT2D eigenvalue weighted by atomic mass is 79.9. The summed E-state index contributed by atoms with van der Waals surface area (Å²) < 4.78 is 1.20. The van der Waals surface area contributed by atoms with Crippen molar-refractivity contribution in [3.8, 4) is 0 Å². The van der Waals surface area contributed by atoms with Crippen LogP contribution in [0.3, 0.4) is 0 Å². The van der Waals surface area contributed by atoms with Gasteiger partial charge in [-0.05, 0) is 34.7 Å². The molecular weight excluding hydrogens is 248 g/mol. The quantitative estimate of drug-likeness (QED) is 0.705. The highest BCUT2D eigenvalue weighted by Gasteiger charge is 2.09. The molecule has 0 amide bonds. The lowest BCUT2D eigenvalue weighted by Crippen LogP contribution is -1.93. The van der Waals surface area contributed by atoms with Crippen LogP contribution in [0, 0.1) is 0 Å². The summed E-state index contributed by atoms with van der Waals surface area (Å²) in [5.74, 6) is 0.618. The van der Waals surface area contributed by atoms with Gasteiger partial charge < -0.3 is 0 Å². The van der Waals surface area contributed by atoms with Crippen LogP contribution in [0.5, 0.6) is 0 Å². The molecule has 0 radical (unpaired) electrons. The van der Waals surface area contributed by atoms with Gasteiger partial charge in [-0.3, -0.25) is 0 Å². The van der Waals surface area contributed by atoms with Crippen molar-refractivity contribution in [1.82, 2.24) is 0 Å². The van der Waals surface area contributed by atoms with Crippen molar-refractivity contribution >= 4 is 26.7 Å². The van der Waals surface area contributed by atoms with Gasteiger partial charge in [-0.2, -0.15) is 0 Å². The van der Waals surface area contributed by atoms with Gasteiger partial charge in [-0.15, -0.1) is 0 Å². The first kappa shape index (κ1) is 10.7. The fourth-order valence-corrected chi connectivity index (χ4v) is 2.56. The number of benzene rings is 2. The maximum Gasteiger partial charge on any atom is 0.0256 e. The van der Waals surface area contributed by atoms with Gasteiger partial charge in [-0.1, -0.05) is 60.1 Å². The van der Waals surface area contributed by atoms with E-state index in [-0.39, 0.29) is 0 Å². The van der Waals surface area contributed by atoms with E-state index in [1.807, 2.05) is 0 Å². The summed E-state index contributed by atoms with van der Waals surface area (Å²) in [6.45, 7) is 4.52. The number of fused-ring (bicyclic) bond motifs is 1. The fraction of sp³-hybridized carbons (Fsp3) is 0.286. The van der Waals surface area contributed by atoms with E-state index in [0.717, 1.165) is 0 Å². The van der Waals surface area contributed by atoms with Crippen molar-refractivity contribution in [1.29, 1.82) is 0 Å². The van der Waals surface area contributed by atoms with Crippen molar-refractivity contribution in [2.24, 2.45) is 0 Å². The van der Waals surface area contributed by atoms with E-state index in [1.54, 1.807) is 0 Å². The van der Waals surface area contributed by atoms with Crippen molar-refractivity contribution < 1.29 is 0 Å². The van der Waals surface area contributed by atoms with E-state index >= 15 is 0 Å². The molecule has 0 aliphatic heterocycles. The molecule has 0 aliphatic rings. The molecule has 2 aromatic carbocycles. The van der Waals surface area contributed by atoms with Gasteiger partial charge in [0.05, 0.1) is 0 Å². The zero-order chi connectivity index (χ0) is 10.8. The van der Waals surface area contributed by atoms with Gasteiger partial charge in [0.1, 0.15) is 0 Å². The van der Waals surface area contributed by atoms with Crippen LogP contribution in [-0.2, 0) is 0 Å². The molecule has 0 spiro atoms. The minimum absolute atomic E-state index is 0.618. The van der Waals surface area contributed by atoms with Gasteiger partial charge in [0, 0.05) is 4.47 Å². The molecular formula is C14H15Br. The molecule has 0 N–H and O–H groups in total. The molecule has 78 valence electrons. The van der Waals surface area contributed by atoms with Crippen molar-refractivity contribution in [2.45, 2.75) is 26.2 Å². The van der Waals surface area contributed by atoms with Gasteiger partial charge in [0.25, 0.3) is 0 Å². The number of rotatable bonds is 2. The van der Waals surface area contributed by atoms with Gasteiger partial charge in [-0.25, -0.2) is 0 Å². The minimum atomic E-state index is 0.618. The molecule has 1 heteroatoms. The maximum absolute atomic E-state index is 3.65. The number of hydrogen-bond donors (Lipinski definition) is 0. The molecule has 0 saturated carbocycles. The standard InChI is InChI=1S/C14H15Br/c1-3-10(2)12-8-4-6-11-7-5-9-13(15)14(11)12/h4-10H,3H2,1-2H3. The second-order valence-electron chi connectivity index (χ2n) is 3.99. The van der Waals surface area contributed by atoms with E-state index < -0.39 is 0 Å². The average Bonchev–Trinajstić information content (AvgIpc) is 2.28. The van der Waals surface area contributed by atoms with E-state index in [0.29, 0.717) is 5.92 Å². The zero-order valence-corrected chi connectivity index (χ0v) is 10.7. The first-order valence-corrected chi connectivity index (χ1v) is 6.20. The van der Waals surface area contributed by atoms with Crippen LogP contribution in [0.2, 0.25) is 0 Å². The molecule has 2 aromatic rings. The summed E-state index contributed by atoms with van der Waals surface area (Å²) in [6, 6.07) is 12.9.